The zero-order valence-corrected chi connectivity index (χ0v) is 24.4. The summed E-state index contributed by atoms with van der Waals surface area (Å²) in [7, 11) is 2.47. The fraction of sp³-hybridized carbons (Fsp3) is 0.433. The van der Waals surface area contributed by atoms with Crippen molar-refractivity contribution in [3.8, 4) is 5.75 Å². The molecule has 4 rings (SSSR count). The molecule has 13 heteroatoms. The third-order valence-corrected chi connectivity index (χ3v) is 7.27. The van der Waals surface area contributed by atoms with Gasteiger partial charge < -0.3 is 24.5 Å². The number of aliphatic hydroxyl groups is 1. The molecule has 2 aliphatic heterocycles. The van der Waals surface area contributed by atoms with Crippen LogP contribution in [0.15, 0.2) is 36.5 Å². The average molecular weight is 596 g/mol. The van der Waals surface area contributed by atoms with Crippen molar-refractivity contribution < 1.29 is 38.6 Å². The van der Waals surface area contributed by atoms with E-state index in [0.29, 0.717) is 49.7 Å². The van der Waals surface area contributed by atoms with E-state index in [1.54, 1.807) is 18.2 Å². The Bertz CT molecular complexity index is 1320. The topological polar surface area (TPSA) is 167 Å². The Morgan fingerprint density at radius 1 is 1.09 bits per heavy atom. The summed E-state index contributed by atoms with van der Waals surface area (Å²) < 4.78 is 5.78. The summed E-state index contributed by atoms with van der Waals surface area (Å²) in [6.07, 6.45) is 5.59. The molecule has 2 fully saturated rings. The minimum absolute atomic E-state index is 0.0352. The van der Waals surface area contributed by atoms with Gasteiger partial charge in [0.2, 0.25) is 17.7 Å². The molecule has 3 heterocycles. The molecule has 230 valence electrons. The molecule has 1 atom stereocenters. The maximum absolute atomic E-state index is 13.0. The van der Waals surface area contributed by atoms with Crippen molar-refractivity contribution >= 4 is 42.0 Å². The van der Waals surface area contributed by atoms with Crippen LogP contribution < -0.4 is 15.0 Å². The van der Waals surface area contributed by atoms with Crippen LogP contribution in [0.5, 0.6) is 5.75 Å². The van der Waals surface area contributed by atoms with Gasteiger partial charge in [-0.2, -0.15) is 0 Å². The lowest BCUT2D eigenvalue weighted by atomic mass is 10.0. The van der Waals surface area contributed by atoms with Crippen molar-refractivity contribution in [3.63, 3.8) is 0 Å². The molecule has 0 radical (unpaired) electrons. The predicted molar refractivity (Wildman–Crippen MR) is 156 cm³/mol. The molecule has 43 heavy (non-hydrogen) atoms. The van der Waals surface area contributed by atoms with Crippen molar-refractivity contribution in [1.82, 2.24) is 20.1 Å². The van der Waals surface area contributed by atoms with E-state index >= 15 is 0 Å². The number of nitrogens with zero attached hydrogens (tertiary/aromatic N) is 4. The number of piperidine rings is 1. The fourth-order valence-corrected chi connectivity index (χ4v) is 4.87. The second kappa shape index (κ2) is 16.1. The molecule has 4 amide bonds. The lowest BCUT2D eigenvalue weighted by Crippen LogP contribution is -2.53. The van der Waals surface area contributed by atoms with Crippen LogP contribution in [0.4, 0.5) is 5.82 Å². The molecule has 0 aliphatic carbocycles. The quantitative estimate of drug-likeness (QED) is 0.206. The number of unbranched alkanes of at least 4 members (excludes halogenated alkanes) is 2. The number of anilines is 1. The molecule has 1 aromatic carbocycles. The number of imide groups is 1. The standard InChI is InChI=1S/C29H33N5O7.CH4O/c1-32(24-8-10-26(37)31-28(24)39)29(40)23-7-6-22(15-21(23)19-36)41-14-4-2-3-11-33-12-13-34(17-27(33)38)25-9-5-20(18-35)16-30-25;1-2/h5-7,9,15-16,18-19,24H,2-4,8,10-14,17H2,1H3,(H,31,37,39);2H,1H3. The van der Waals surface area contributed by atoms with Gasteiger partial charge in [0.25, 0.3) is 5.91 Å². The van der Waals surface area contributed by atoms with E-state index in [1.165, 1.54) is 30.3 Å². The normalized spacial score (nSPS) is 16.5. The van der Waals surface area contributed by atoms with Crippen molar-refractivity contribution in [1.29, 1.82) is 0 Å². The first-order valence-electron chi connectivity index (χ1n) is 14.0. The summed E-state index contributed by atoms with van der Waals surface area (Å²) >= 11 is 0. The van der Waals surface area contributed by atoms with Crippen LogP contribution >= 0.6 is 0 Å². The van der Waals surface area contributed by atoms with E-state index in [9.17, 15) is 28.8 Å². The first-order chi connectivity index (χ1) is 20.8. The van der Waals surface area contributed by atoms with Crippen molar-refractivity contribution in [2.45, 2.75) is 38.1 Å². The third-order valence-electron chi connectivity index (χ3n) is 7.27. The van der Waals surface area contributed by atoms with E-state index in [-0.39, 0.29) is 42.3 Å². The van der Waals surface area contributed by atoms with Crippen LogP contribution in [0.25, 0.3) is 0 Å². The monoisotopic (exact) mass is 595 g/mol. The van der Waals surface area contributed by atoms with E-state index in [1.807, 2.05) is 9.80 Å². The maximum Gasteiger partial charge on any atom is 0.255 e. The number of ether oxygens (including phenoxy) is 1. The molecule has 2 aromatic rings. The Hall–Kier alpha value is -4.65. The Morgan fingerprint density at radius 3 is 2.53 bits per heavy atom. The first kappa shape index (κ1) is 32.9. The summed E-state index contributed by atoms with van der Waals surface area (Å²) in [5.41, 5.74) is 0.797. The Morgan fingerprint density at radius 2 is 1.88 bits per heavy atom. The number of aldehydes is 2. The minimum atomic E-state index is -0.784. The van der Waals surface area contributed by atoms with Gasteiger partial charge in [0.05, 0.1) is 18.7 Å². The number of pyridine rings is 1. The number of amides is 4. The fourth-order valence-electron chi connectivity index (χ4n) is 4.87. The maximum atomic E-state index is 13.0. The van der Waals surface area contributed by atoms with Crippen molar-refractivity contribution in [2.75, 3.05) is 51.8 Å². The molecule has 0 saturated carbocycles. The van der Waals surface area contributed by atoms with E-state index in [0.717, 1.165) is 32.7 Å². The van der Waals surface area contributed by atoms with Gasteiger partial charge in [-0.15, -0.1) is 0 Å². The van der Waals surface area contributed by atoms with Crippen LogP contribution in [0.2, 0.25) is 0 Å². The number of rotatable bonds is 12. The number of nitrogens with one attached hydrogen (secondary N) is 1. The van der Waals surface area contributed by atoms with Crippen LogP contribution in [-0.4, -0.2) is 109 Å². The van der Waals surface area contributed by atoms with Gasteiger partial charge >= 0.3 is 0 Å². The summed E-state index contributed by atoms with van der Waals surface area (Å²) in [6.45, 7) is 2.58. The zero-order valence-electron chi connectivity index (χ0n) is 24.4. The summed E-state index contributed by atoms with van der Waals surface area (Å²) in [6, 6.07) is 7.26. The summed E-state index contributed by atoms with van der Waals surface area (Å²) in [5.74, 6) is -0.225. The largest absolute Gasteiger partial charge is 0.494 e. The number of aliphatic hydroxyl groups excluding tert-OH is 1. The molecule has 0 bridgehead atoms. The van der Waals surface area contributed by atoms with Gasteiger partial charge in [0.1, 0.15) is 17.6 Å². The van der Waals surface area contributed by atoms with E-state index in [4.69, 9.17) is 9.84 Å². The van der Waals surface area contributed by atoms with Gasteiger partial charge in [-0.05, 0) is 56.0 Å². The number of hydrogen-bond donors (Lipinski definition) is 2. The number of carbonyl (C=O) groups is 6. The molecule has 2 N–H and O–H groups in total. The molecule has 0 spiro atoms. The average Bonchev–Trinajstić information content (AvgIpc) is 3.03. The van der Waals surface area contributed by atoms with Crippen LogP contribution in [-0.2, 0) is 14.4 Å². The third kappa shape index (κ3) is 8.67. The highest BCUT2D eigenvalue weighted by Crippen LogP contribution is 2.21. The van der Waals surface area contributed by atoms with E-state index in [2.05, 4.69) is 10.3 Å². The highest BCUT2D eigenvalue weighted by atomic mass is 16.5. The van der Waals surface area contributed by atoms with Gasteiger partial charge in [-0.25, -0.2) is 4.98 Å². The lowest BCUT2D eigenvalue weighted by Gasteiger charge is -2.35. The van der Waals surface area contributed by atoms with Gasteiger partial charge in [-0.1, -0.05) is 0 Å². The molecule has 2 saturated heterocycles. The smallest absolute Gasteiger partial charge is 0.255 e. The SMILES string of the molecule is CN(C(=O)c1ccc(OCCCCCN2CCN(c3ccc(C=O)cn3)CC2=O)cc1C=O)C1CCC(=O)NC1=O.CO. The highest BCUT2D eigenvalue weighted by Gasteiger charge is 2.33. The number of piperazine rings is 1. The van der Waals surface area contributed by atoms with Crippen molar-refractivity contribution in [2.24, 2.45) is 0 Å². The molecule has 1 unspecified atom stereocenters. The molecule has 1 aromatic heterocycles. The van der Waals surface area contributed by atoms with Crippen molar-refractivity contribution in [3.05, 3.63) is 53.2 Å². The summed E-state index contributed by atoms with van der Waals surface area (Å²) in [5, 5.41) is 9.23. The summed E-state index contributed by atoms with van der Waals surface area (Å²) in [4.78, 5) is 80.9. The van der Waals surface area contributed by atoms with Crippen LogP contribution in [0.3, 0.4) is 0 Å². The number of hydrogen-bond acceptors (Lipinski definition) is 10. The minimum Gasteiger partial charge on any atom is -0.494 e. The number of carbonyl (C=O) groups excluding carboxylic acids is 6. The second-order valence-electron chi connectivity index (χ2n) is 10.0. The Labute approximate surface area is 249 Å². The number of aromatic nitrogens is 1. The van der Waals surface area contributed by atoms with Crippen LogP contribution in [0, 0.1) is 0 Å². The zero-order chi connectivity index (χ0) is 31.4. The molecule has 13 nitrogen and oxygen atoms in total. The lowest BCUT2D eigenvalue weighted by molar-refractivity contribution is -0.136. The number of likely N-dealkylation sites (N-methyl/N-ethyl adjacent to an activating group) is 1. The van der Waals surface area contributed by atoms with E-state index < -0.39 is 17.9 Å². The molecular formula is C30H37N5O8. The second-order valence-corrected chi connectivity index (χ2v) is 10.0. The van der Waals surface area contributed by atoms with Crippen LogP contribution in [0.1, 0.15) is 63.2 Å². The first-order valence-corrected chi connectivity index (χ1v) is 14.0. The molecular weight excluding hydrogens is 558 g/mol. The molecule has 2 aliphatic rings. The Balaban J connectivity index is 0.00000248. The van der Waals surface area contributed by atoms with Gasteiger partial charge in [0.15, 0.2) is 12.6 Å². The number of benzene rings is 1. The van der Waals surface area contributed by atoms with Gasteiger partial charge in [-0.3, -0.25) is 34.1 Å². The van der Waals surface area contributed by atoms with Gasteiger partial charge in [0, 0.05) is 57.5 Å². The predicted octanol–water partition coefficient (Wildman–Crippen LogP) is 1.09. The highest BCUT2D eigenvalue weighted by molar-refractivity contribution is 6.06. The Kier molecular flexibility index (Phi) is 12.3.